The van der Waals surface area contributed by atoms with Crippen LogP contribution in [-0.4, -0.2) is 49.8 Å². The maximum absolute atomic E-state index is 5.50. The van der Waals surface area contributed by atoms with Crippen LogP contribution in [0.3, 0.4) is 0 Å². The molecule has 1 aliphatic carbocycles. The second-order valence-corrected chi connectivity index (χ2v) is 5.30. The zero-order valence-corrected chi connectivity index (χ0v) is 10.0. The van der Waals surface area contributed by atoms with Gasteiger partial charge in [-0.3, -0.25) is 4.90 Å². The smallest absolute Gasteiger partial charge is 0.0632 e. The molecule has 2 fully saturated rings. The molecule has 0 aromatic carbocycles. The Bertz CT molecular complexity index is 186. The van der Waals surface area contributed by atoms with Crippen LogP contribution in [0, 0.1) is 5.92 Å². The summed E-state index contributed by atoms with van der Waals surface area (Å²) in [5.41, 5.74) is 0. The first-order valence-corrected chi connectivity index (χ1v) is 6.31. The average molecular weight is 212 g/mol. The molecule has 3 heteroatoms. The molecule has 15 heavy (non-hydrogen) atoms. The van der Waals surface area contributed by atoms with Crippen LogP contribution in [0.4, 0.5) is 0 Å². The fraction of sp³-hybridized carbons (Fsp3) is 1.00. The van der Waals surface area contributed by atoms with E-state index in [9.17, 15) is 0 Å². The van der Waals surface area contributed by atoms with E-state index in [1.54, 1.807) is 0 Å². The minimum absolute atomic E-state index is 0.554. The van der Waals surface area contributed by atoms with Crippen molar-refractivity contribution in [3.8, 4) is 0 Å². The number of hydrogen-bond donors (Lipinski definition) is 1. The van der Waals surface area contributed by atoms with E-state index < -0.39 is 0 Å². The van der Waals surface area contributed by atoms with E-state index in [0.717, 1.165) is 31.7 Å². The van der Waals surface area contributed by atoms with Crippen LogP contribution in [0.2, 0.25) is 0 Å². The molecule has 0 radical (unpaired) electrons. The fourth-order valence-corrected chi connectivity index (χ4v) is 2.30. The minimum atomic E-state index is 0.554. The van der Waals surface area contributed by atoms with Gasteiger partial charge in [-0.15, -0.1) is 0 Å². The van der Waals surface area contributed by atoms with Gasteiger partial charge in [0.25, 0.3) is 0 Å². The third kappa shape index (κ3) is 3.74. The Labute approximate surface area is 93.2 Å². The summed E-state index contributed by atoms with van der Waals surface area (Å²) in [5.74, 6) is 0.773. The van der Waals surface area contributed by atoms with Crippen molar-refractivity contribution in [3.05, 3.63) is 0 Å². The van der Waals surface area contributed by atoms with Crippen LogP contribution >= 0.6 is 0 Å². The van der Waals surface area contributed by atoms with Gasteiger partial charge in [-0.1, -0.05) is 13.8 Å². The number of rotatable bonds is 5. The first-order valence-electron chi connectivity index (χ1n) is 6.31. The summed E-state index contributed by atoms with van der Waals surface area (Å²) in [6.07, 6.45) is 2.81. The van der Waals surface area contributed by atoms with E-state index >= 15 is 0 Å². The summed E-state index contributed by atoms with van der Waals surface area (Å²) in [4.78, 5) is 2.65. The van der Waals surface area contributed by atoms with Crippen molar-refractivity contribution in [1.29, 1.82) is 0 Å². The lowest BCUT2D eigenvalue weighted by molar-refractivity contribution is 0.0586. The lowest BCUT2D eigenvalue weighted by atomic mass is 10.1. The molecule has 0 bridgehead atoms. The van der Waals surface area contributed by atoms with Crippen LogP contribution < -0.4 is 5.32 Å². The number of nitrogens with one attached hydrogen (secondary N) is 1. The maximum Gasteiger partial charge on any atom is 0.0632 e. The van der Waals surface area contributed by atoms with Gasteiger partial charge in [0.2, 0.25) is 0 Å². The molecule has 1 unspecified atom stereocenters. The predicted octanol–water partition coefficient (Wildman–Crippen LogP) is 1.10. The molecule has 1 saturated carbocycles. The minimum Gasteiger partial charge on any atom is -0.378 e. The van der Waals surface area contributed by atoms with Gasteiger partial charge in [0, 0.05) is 31.7 Å². The van der Waals surface area contributed by atoms with Crippen molar-refractivity contribution in [2.75, 3.05) is 32.8 Å². The number of nitrogens with zero attached hydrogens (tertiary/aromatic N) is 1. The largest absolute Gasteiger partial charge is 0.378 e. The fourth-order valence-electron chi connectivity index (χ4n) is 2.30. The molecule has 1 saturated heterocycles. The molecule has 0 aromatic rings. The Balaban J connectivity index is 1.77. The molecule has 3 nitrogen and oxygen atoms in total. The van der Waals surface area contributed by atoms with E-state index in [-0.39, 0.29) is 0 Å². The summed E-state index contributed by atoms with van der Waals surface area (Å²) < 4.78 is 5.50. The Morgan fingerprint density at radius 1 is 1.40 bits per heavy atom. The monoisotopic (exact) mass is 212 g/mol. The van der Waals surface area contributed by atoms with Crippen LogP contribution in [0.1, 0.15) is 26.7 Å². The third-order valence-electron chi connectivity index (χ3n) is 3.12. The maximum atomic E-state index is 5.50. The summed E-state index contributed by atoms with van der Waals surface area (Å²) in [6, 6.07) is 1.43. The first-order chi connectivity index (χ1) is 7.25. The molecule has 1 N–H and O–H groups in total. The highest BCUT2D eigenvalue weighted by atomic mass is 16.5. The van der Waals surface area contributed by atoms with Gasteiger partial charge in [-0.25, -0.2) is 0 Å². The van der Waals surface area contributed by atoms with Crippen LogP contribution in [-0.2, 0) is 4.74 Å². The van der Waals surface area contributed by atoms with Gasteiger partial charge >= 0.3 is 0 Å². The average Bonchev–Trinajstić information content (AvgIpc) is 3.01. The molecular weight excluding hydrogens is 188 g/mol. The molecule has 2 rings (SSSR count). The highest BCUT2D eigenvalue weighted by molar-refractivity contribution is 4.88. The van der Waals surface area contributed by atoms with Gasteiger partial charge < -0.3 is 10.1 Å². The van der Waals surface area contributed by atoms with E-state index in [0.29, 0.717) is 6.04 Å². The molecule has 0 spiro atoms. The van der Waals surface area contributed by atoms with Crippen molar-refractivity contribution >= 4 is 0 Å². The lowest BCUT2D eigenvalue weighted by Gasteiger charge is -2.31. The summed E-state index contributed by atoms with van der Waals surface area (Å²) >= 11 is 0. The molecule has 0 aromatic heterocycles. The Morgan fingerprint density at radius 2 is 2.20 bits per heavy atom. The van der Waals surface area contributed by atoms with E-state index in [4.69, 9.17) is 4.74 Å². The van der Waals surface area contributed by atoms with Crippen molar-refractivity contribution < 1.29 is 4.74 Å². The van der Waals surface area contributed by atoms with Crippen molar-refractivity contribution in [2.45, 2.75) is 38.8 Å². The molecule has 2 aliphatic rings. The van der Waals surface area contributed by atoms with Crippen LogP contribution in [0.25, 0.3) is 0 Å². The quantitative estimate of drug-likeness (QED) is 0.738. The van der Waals surface area contributed by atoms with Crippen LogP contribution in [0.15, 0.2) is 0 Å². The normalized spacial score (nSPS) is 27.6. The highest BCUT2D eigenvalue weighted by Gasteiger charge is 2.31. The molecule has 88 valence electrons. The summed E-state index contributed by atoms with van der Waals surface area (Å²) in [7, 11) is 0. The molecule has 1 atom stereocenters. The topological polar surface area (TPSA) is 24.5 Å². The van der Waals surface area contributed by atoms with Gasteiger partial charge in [-0.05, 0) is 18.8 Å². The predicted molar refractivity (Wildman–Crippen MR) is 62.0 cm³/mol. The summed E-state index contributed by atoms with van der Waals surface area (Å²) in [5, 5.41) is 3.54. The Morgan fingerprint density at radius 3 is 2.73 bits per heavy atom. The number of ether oxygens (including phenoxy) is 1. The van der Waals surface area contributed by atoms with Crippen LogP contribution in [0.5, 0.6) is 0 Å². The van der Waals surface area contributed by atoms with Gasteiger partial charge in [0.05, 0.1) is 13.2 Å². The summed E-state index contributed by atoms with van der Waals surface area (Å²) in [6.45, 7) is 9.81. The number of morpholine rings is 1. The lowest BCUT2D eigenvalue weighted by Crippen LogP contribution is -2.49. The zero-order chi connectivity index (χ0) is 10.7. The van der Waals surface area contributed by atoms with E-state index in [1.807, 2.05) is 0 Å². The van der Waals surface area contributed by atoms with E-state index in [2.05, 4.69) is 24.1 Å². The second kappa shape index (κ2) is 5.28. The molecule has 1 heterocycles. The standard InChI is InChI=1S/C12H24N2O/c1-10(2)7-14(12-3-4-12)8-11-9-15-6-5-13-11/h10-13H,3-9H2,1-2H3. The van der Waals surface area contributed by atoms with Gasteiger partial charge in [0.15, 0.2) is 0 Å². The van der Waals surface area contributed by atoms with E-state index in [1.165, 1.54) is 25.9 Å². The van der Waals surface area contributed by atoms with Gasteiger partial charge in [0.1, 0.15) is 0 Å². The molecular formula is C12H24N2O. The Hall–Kier alpha value is -0.120. The zero-order valence-electron chi connectivity index (χ0n) is 10.0. The third-order valence-corrected chi connectivity index (χ3v) is 3.12. The first kappa shape index (κ1) is 11.4. The SMILES string of the molecule is CC(C)CN(CC1COCCN1)C1CC1. The Kier molecular flexibility index (Phi) is 4.00. The molecule has 0 amide bonds. The van der Waals surface area contributed by atoms with Gasteiger partial charge in [-0.2, -0.15) is 0 Å². The van der Waals surface area contributed by atoms with Crippen molar-refractivity contribution in [2.24, 2.45) is 5.92 Å². The number of hydrogen-bond acceptors (Lipinski definition) is 3. The highest BCUT2D eigenvalue weighted by Crippen LogP contribution is 2.27. The van der Waals surface area contributed by atoms with Crippen molar-refractivity contribution in [3.63, 3.8) is 0 Å². The molecule has 1 aliphatic heterocycles. The second-order valence-electron chi connectivity index (χ2n) is 5.30. The van der Waals surface area contributed by atoms with Crippen molar-refractivity contribution in [1.82, 2.24) is 10.2 Å².